The third-order valence-corrected chi connectivity index (χ3v) is 2.88. The highest BCUT2D eigenvalue weighted by Crippen LogP contribution is 2.17. The highest BCUT2D eigenvalue weighted by Gasteiger charge is 2.04. The normalized spacial score (nSPS) is 10.1. The van der Waals surface area contributed by atoms with Crippen molar-refractivity contribution in [1.29, 1.82) is 0 Å². The summed E-state index contributed by atoms with van der Waals surface area (Å²) in [6.07, 6.45) is 0. The van der Waals surface area contributed by atoms with Crippen molar-refractivity contribution in [3.05, 3.63) is 59.9 Å². The Kier molecular flexibility index (Phi) is 5.77. The van der Waals surface area contributed by atoms with Crippen molar-refractivity contribution in [2.45, 2.75) is 13.5 Å². The van der Waals surface area contributed by atoms with E-state index in [4.69, 9.17) is 9.47 Å². The number of hydrogen-bond donors (Lipinski definition) is 1. The summed E-state index contributed by atoms with van der Waals surface area (Å²) in [6.45, 7) is 2.68. The number of amides is 1. The molecule has 1 N–H and O–H groups in total. The lowest BCUT2D eigenvalue weighted by Gasteiger charge is -2.08. The van der Waals surface area contributed by atoms with E-state index < -0.39 is 0 Å². The van der Waals surface area contributed by atoms with Gasteiger partial charge in [-0.05, 0) is 48.9 Å². The van der Waals surface area contributed by atoms with Gasteiger partial charge in [-0.3, -0.25) is 4.79 Å². The van der Waals surface area contributed by atoms with Crippen molar-refractivity contribution in [3.63, 3.8) is 0 Å². The van der Waals surface area contributed by atoms with E-state index in [2.05, 4.69) is 5.32 Å². The predicted molar refractivity (Wildman–Crippen MR) is 81.4 cm³/mol. The van der Waals surface area contributed by atoms with Crippen LogP contribution in [0.5, 0.6) is 11.5 Å². The Labute approximate surface area is 128 Å². The average Bonchev–Trinajstić information content (AvgIpc) is 2.53. The molecule has 22 heavy (non-hydrogen) atoms. The van der Waals surface area contributed by atoms with Crippen LogP contribution in [0.1, 0.15) is 12.5 Å². The minimum Gasteiger partial charge on any atom is -0.494 e. The smallest absolute Gasteiger partial charge is 0.258 e. The monoisotopic (exact) mass is 303 g/mol. The maximum atomic E-state index is 13.0. The molecule has 0 fully saturated rings. The fourth-order valence-corrected chi connectivity index (χ4v) is 1.85. The largest absolute Gasteiger partial charge is 0.494 e. The molecule has 0 spiro atoms. The zero-order chi connectivity index (χ0) is 15.8. The maximum absolute atomic E-state index is 13.0. The van der Waals surface area contributed by atoms with Crippen LogP contribution in [0.4, 0.5) is 4.39 Å². The molecule has 0 atom stereocenters. The second-order valence-electron chi connectivity index (χ2n) is 4.60. The molecule has 0 aromatic heterocycles. The highest BCUT2D eigenvalue weighted by molar-refractivity contribution is 5.77. The molecule has 0 radical (unpaired) electrons. The molecular formula is C17H18FNO3. The van der Waals surface area contributed by atoms with Gasteiger partial charge in [-0.2, -0.15) is 0 Å². The number of benzene rings is 2. The Morgan fingerprint density at radius 2 is 1.77 bits per heavy atom. The molecule has 0 bridgehead atoms. The molecule has 1 amide bonds. The van der Waals surface area contributed by atoms with Crippen molar-refractivity contribution < 1.29 is 18.7 Å². The van der Waals surface area contributed by atoms with Crippen LogP contribution < -0.4 is 14.8 Å². The number of nitrogens with one attached hydrogen (secondary N) is 1. The summed E-state index contributed by atoms with van der Waals surface area (Å²) in [5, 5.41) is 2.67. The third kappa shape index (κ3) is 5.09. The van der Waals surface area contributed by atoms with Gasteiger partial charge in [0, 0.05) is 6.54 Å². The molecule has 0 aliphatic heterocycles. The first-order valence-corrected chi connectivity index (χ1v) is 7.04. The van der Waals surface area contributed by atoms with Crippen LogP contribution in [0.15, 0.2) is 48.5 Å². The molecule has 2 aromatic carbocycles. The number of carbonyl (C=O) groups excluding carboxylic acids is 1. The second-order valence-corrected chi connectivity index (χ2v) is 4.60. The van der Waals surface area contributed by atoms with Crippen molar-refractivity contribution in [3.8, 4) is 11.5 Å². The van der Waals surface area contributed by atoms with E-state index in [-0.39, 0.29) is 24.9 Å². The van der Waals surface area contributed by atoms with Crippen LogP contribution in [0.3, 0.4) is 0 Å². The third-order valence-electron chi connectivity index (χ3n) is 2.88. The van der Waals surface area contributed by atoms with Gasteiger partial charge >= 0.3 is 0 Å². The SMILES string of the molecule is CCOc1ccc(OCC(=O)NCc2cccc(F)c2)cc1. The Morgan fingerprint density at radius 3 is 2.41 bits per heavy atom. The zero-order valence-electron chi connectivity index (χ0n) is 12.3. The molecule has 4 nitrogen and oxygen atoms in total. The lowest BCUT2D eigenvalue weighted by atomic mass is 10.2. The topological polar surface area (TPSA) is 47.6 Å². The second kappa shape index (κ2) is 8.02. The average molecular weight is 303 g/mol. The van der Waals surface area contributed by atoms with Crippen molar-refractivity contribution in [2.75, 3.05) is 13.2 Å². The minimum atomic E-state index is -0.322. The fourth-order valence-electron chi connectivity index (χ4n) is 1.85. The molecule has 0 saturated carbocycles. The lowest BCUT2D eigenvalue weighted by molar-refractivity contribution is -0.123. The molecule has 116 valence electrons. The van der Waals surface area contributed by atoms with E-state index in [9.17, 15) is 9.18 Å². The van der Waals surface area contributed by atoms with Gasteiger partial charge in [-0.1, -0.05) is 12.1 Å². The summed E-state index contributed by atoms with van der Waals surface area (Å²) in [4.78, 5) is 11.7. The molecule has 0 saturated heterocycles. The minimum absolute atomic E-state index is 0.0940. The van der Waals surface area contributed by atoms with Crippen LogP contribution in [-0.2, 0) is 11.3 Å². The van der Waals surface area contributed by atoms with Crippen molar-refractivity contribution in [2.24, 2.45) is 0 Å². The number of rotatable bonds is 7. The summed E-state index contributed by atoms with van der Waals surface area (Å²) in [5.41, 5.74) is 0.703. The van der Waals surface area contributed by atoms with Gasteiger partial charge in [0.05, 0.1) is 6.61 Å². The molecule has 2 aromatic rings. The Hall–Kier alpha value is -2.56. The number of hydrogen-bond acceptors (Lipinski definition) is 3. The highest BCUT2D eigenvalue weighted by atomic mass is 19.1. The van der Waals surface area contributed by atoms with Crippen LogP contribution in [0, 0.1) is 5.82 Å². The first kappa shape index (κ1) is 15.8. The summed E-state index contributed by atoms with van der Waals surface area (Å²) in [5.74, 6) is 0.755. The number of ether oxygens (including phenoxy) is 2. The maximum Gasteiger partial charge on any atom is 0.258 e. The molecule has 0 aliphatic carbocycles. The summed E-state index contributed by atoms with van der Waals surface area (Å²) >= 11 is 0. The fraction of sp³-hybridized carbons (Fsp3) is 0.235. The first-order chi connectivity index (χ1) is 10.7. The standard InChI is InChI=1S/C17H18FNO3/c1-2-21-15-6-8-16(9-7-15)22-12-17(20)19-11-13-4-3-5-14(18)10-13/h3-10H,2,11-12H2,1H3,(H,19,20). The molecule has 5 heteroatoms. The molecule has 0 unspecified atom stereocenters. The van der Waals surface area contributed by atoms with E-state index in [0.717, 1.165) is 5.75 Å². The predicted octanol–water partition coefficient (Wildman–Crippen LogP) is 2.92. The molecule has 2 rings (SSSR count). The lowest BCUT2D eigenvalue weighted by Crippen LogP contribution is -2.28. The zero-order valence-corrected chi connectivity index (χ0v) is 12.3. The van der Waals surface area contributed by atoms with E-state index in [0.29, 0.717) is 17.9 Å². The van der Waals surface area contributed by atoms with E-state index in [1.807, 2.05) is 6.92 Å². The molecule has 0 aliphatic rings. The van der Waals surface area contributed by atoms with Crippen LogP contribution in [0.25, 0.3) is 0 Å². The molecular weight excluding hydrogens is 285 g/mol. The number of halogens is 1. The van der Waals surface area contributed by atoms with Gasteiger partial charge in [-0.15, -0.1) is 0 Å². The van der Waals surface area contributed by atoms with Crippen molar-refractivity contribution >= 4 is 5.91 Å². The Balaban J connectivity index is 1.75. The van der Waals surface area contributed by atoms with Gasteiger partial charge in [-0.25, -0.2) is 4.39 Å². The number of carbonyl (C=O) groups is 1. The van der Waals surface area contributed by atoms with Gasteiger partial charge in [0.2, 0.25) is 0 Å². The summed E-state index contributed by atoms with van der Waals surface area (Å²) in [7, 11) is 0. The van der Waals surface area contributed by atoms with Crippen LogP contribution in [-0.4, -0.2) is 19.1 Å². The quantitative estimate of drug-likeness (QED) is 0.855. The van der Waals surface area contributed by atoms with Crippen LogP contribution in [0.2, 0.25) is 0 Å². The van der Waals surface area contributed by atoms with E-state index in [1.165, 1.54) is 12.1 Å². The van der Waals surface area contributed by atoms with E-state index >= 15 is 0 Å². The van der Waals surface area contributed by atoms with Gasteiger partial charge in [0.15, 0.2) is 6.61 Å². The van der Waals surface area contributed by atoms with Crippen LogP contribution >= 0.6 is 0 Å². The molecule has 0 heterocycles. The summed E-state index contributed by atoms with van der Waals surface area (Å²) < 4.78 is 23.7. The summed E-state index contributed by atoms with van der Waals surface area (Å²) in [6, 6.07) is 13.1. The van der Waals surface area contributed by atoms with E-state index in [1.54, 1.807) is 36.4 Å². The van der Waals surface area contributed by atoms with Gasteiger partial charge in [0.25, 0.3) is 5.91 Å². The van der Waals surface area contributed by atoms with Gasteiger partial charge < -0.3 is 14.8 Å². The first-order valence-electron chi connectivity index (χ1n) is 7.04. The van der Waals surface area contributed by atoms with Crippen molar-refractivity contribution in [1.82, 2.24) is 5.32 Å². The Bertz CT molecular complexity index is 614. The Morgan fingerprint density at radius 1 is 1.09 bits per heavy atom. The van der Waals surface area contributed by atoms with Gasteiger partial charge in [0.1, 0.15) is 17.3 Å².